The molecule has 0 aromatic heterocycles. The van der Waals surface area contributed by atoms with Gasteiger partial charge in [0.1, 0.15) is 0 Å². The van der Waals surface area contributed by atoms with Crippen molar-refractivity contribution in [3.05, 3.63) is 51.5 Å². The number of carbonyl (C=O) groups is 1. The molecule has 5 heteroatoms. The lowest BCUT2D eigenvalue weighted by Crippen LogP contribution is -2.23. The third kappa shape index (κ3) is 2.93. The Bertz CT molecular complexity index is 773. The van der Waals surface area contributed by atoms with Gasteiger partial charge in [0.2, 0.25) is 5.91 Å². The number of hydrogen-bond donors (Lipinski definition) is 1. The zero-order valence-electron chi connectivity index (χ0n) is 13.3. The number of rotatable bonds is 3. The molecule has 1 amide bonds. The molecular weight excluding hydrogens is 358 g/mol. The molecule has 1 heterocycles. The number of hydrogen-bond acceptors (Lipinski definition) is 3. The average Bonchev–Trinajstić information content (AvgIpc) is 2.55. The van der Waals surface area contributed by atoms with Crippen molar-refractivity contribution in [3.63, 3.8) is 0 Å². The summed E-state index contributed by atoms with van der Waals surface area (Å²) in [6.07, 6.45) is 0.415. The molecule has 1 atom stereocenters. The summed E-state index contributed by atoms with van der Waals surface area (Å²) >= 11 is 3.57. The molecule has 0 saturated heterocycles. The Morgan fingerprint density at radius 1 is 1.13 bits per heavy atom. The molecule has 2 aromatic rings. The normalized spacial score (nSPS) is 16.5. The summed E-state index contributed by atoms with van der Waals surface area (Å²) in [4.78, 5) is 12.1. The summed E-state index contributed by atoms with van der Waals surface area (Å²) in [5, 5.41) is 2.93. The van der Waals surface area contributed by atoms with E-state index in [0.717, 1.165) is 21.3 Å². The van der Waals surface area contributed by atoms with Crippen molar-refractivity contribution >= 4 is 27.5 Å². The highest BCUT2D eigenvalue weighted by atomic mass is 79.9. The molecule has 1 N–H and O–H groups in total. The van der Waals surface area contributed by atoms with E-state index in [-0.39, 0.29) is 11.8 Å². The van der Waals surface area contributed by atoms with Crippen LogP contribution in [0.5, 0.6) is 11.5 Å². The molecule has 0 fully saturated rings. The van der Waals surface area contributed by atoms with Crippen LogP contribution in [0.3, 0.4) is 0 Å². The van der Waals surface area contributed by atoms with Gasteiger partial charge in [-0.3, -0.25) is 4.79 Å². The largest absolute Gasteiger partial charge is 0.493 e. The van der Waals surface area contributed by atoms with E-state index in [1.54, 1.807) is 14.2 Å². The summed E-state index contributed by atoms with van der Waals surface area (Å²) in [6.45, 7) is 2.04. The minimum absolute atomic E-state index is 0.00421. The van der Waals surface area contributed by atoms with Crippen LogP contribution in [-0.2, 0) is 4.79 Å². The van der Waals surface area contributed by atoms with Crippen molar-refractivity contribution in [2.45, 2.75) is 19.3 Å². The summed E-state index contributed by atoms with van der Waals surface area (Å²) < 4.78 is 11.8. The highest BCUT2D eigenvalue weighted by Gasteiger charge is 2.28. The Labute approximate surface area is 143 Å². The first-order valence-electron chi connectivity index (χ1n) is 7.35. The molecule has 3 rings (SSSR count). The van der Waals surface area contributed by atoms with Gasteiger partial charge in [-0.05, 0) is 35.7 Å². The Morgan fingerprint density at radius 3 is 2.48 bits per heavy atom. The summed E-state index contributed by atoms with van der Waals surface area (Å²) in [7, 11) is 3.20. The molecule has 4 nitrogen and oxygen atoms in total. The number of nitrogens with one attached hydrogen (secondary N) is 1. The number of fused-ring (bicyclic) bond motifs is 1. The van der Waals surface area contributed by atoms with E-state index in [9.17, 15) is 4.79 Å². The lowest BCUT2D eigenvalue weighted by molar-refractivity contribution is -0.116. The van der Waals surface area contributed by atoms with Crippen LogP contribution in [0, 0.1) is 6.92 Å². The van der Waals surface area contributed by atoms with Crippen molar-refractivity contribution in [1.29, 1.82) is 0 Å². The number of carbonyl (C=O) groups excluding carboxylic acids is 1. The van der Waals surface area contributed by atoms with E-state index in [1.807, 2.05) is 19.1 Å². The molecule has 1 aliphatic rings. The molecule has 23 heavy (non-hydrogen) atoms. The number of amides is 1. The van der Waals surface area contributed by atoms with E-state index in [2.05, 4.69) is 39.4 Å². The van der Waals surface area contributed by atoms with Crippen LogP contribution in [0.15, 0.2) is 34.8 Å². The molecule has 2 aromatic carbocycles. The zero-order chi connectivity index (χ0) is 16.6. The van der Waals surface area contributed by atoms with Gasteiger partial charge in [-0.15, -0.1) is 0 Å². The molecule has 0 unspecified atom stereocenters. The number of methoxy groups -OCH3 is 2. The predicted octanol–water partition coefficient (Wildman–Crippen LogP) is 4.25. The van der Waals surface area contributed by atoms with Gasteiger partial charge < -0.3 is 14.8 Å². The second-order valence-corrected chi connectivity index (χ2v) is 6.46. The van der Waals surface area contributed by atoms with Gasteiger partial charge in [0.25, 0.3) is 0 Å². The van der Waals surface area contributed by atoms with Crippen LogP contribution in [0.4, 0.5) is 5.69 Å². The Morgan fingerprint density at radius 2 is 1.83 bits per heavy atom. The van der Waals surface area contributed by atoms with Crippen LogP contribution < -0.4 is 14.8 Å². The highest BCUT2D eigenvalue weighted by molar-refractivity contribution is 9.10. The van der Waals surface area contributed by atoms with Crippen molar-refractivity contribution in [3.8, 4) is 11.5 Å². The minimum atomic E-state index is -0.00421. The second kappa shape index (κ2) is 6.24. The third-order valence-electron chi connectivity index (χ3n) is 4.19. The molecule has 0 radical (unpaired) electrons. The summed E-state index contributed by atoms with van der Waals surface area (Å²) in [6, 6.07) is 9.99. The molecule has 0 spiro atoms. The van der Waals surface area contributed by atoms with Gasteiger partial charge in [-0.1, -0.05) is 28.1 Å². The highest BCUT2D eigenvalue weighted by Crippen LogP contribution is 2.43. The van der Waals surface area contributed by atoms with Crippen LogP contribution in [0.2, 0.25) is 0 Å². The number of aryl methyl sites for hydroxylation is 1. The fraction of sp³-hybridized carbons (Fsp3) is 0.278. The SMILES string of the molecule is COc1cc2c(cc1OC)[C@@H](c1ccc(C)c(Br)c1)CC(=O)N2. The van der Waals surface area contributed by atoms with E-state index < -0.39 is 0 Å². The lowest BCUT2D eigenvalue weighted by atomic mass is 9.84. The Balaban J connectivity index is 2.13. The van der Waals surface area contributed by atoms with E-state index >= 15 is 0 Å². The van der Waals surface area contributed by atoms with Gasteiger partial charge in [0.05, 0.1) is 14.2 Å². The van der Waals surface area contributed by atoms with E-state index in [0.29, 0.717) is 17.9 Å². The zero-order valence-corrected chi connectivity index (χ0v) is 14.9. The molecule has 0 bridgehead atoms. The van der Waals surface area contributed by atoms with Gasteiger partial charge in [0.15, 0.2) is 11.5 Å². The van der Waals surface area contributed by atoms with Gasteiger partial charge in [-0.2, -0.15) is 0 Å². The Hall–Kier alpha value is -2.01. The lowest BCUT2D eigenvalue weighted by Gasteiger charge is -2.27. The van der Waals surface area contributed by atoms with Crippen molar-refractivity contribution < 1.29 is 14.3 Å². The molecule has 0 saturated carbocycles. The Kier molecular flexibility index (Phi) is 4.31. The molecule has 120 valence electrons. The van der Waals surface area contributed by atoms with Gasteiger partial charge in [0, 0.05) is 28.6 Å². The maximum atomic E-state index is 12.1. The van der Waals surface area contributed by atoms with Gasteiger partial charge >= 0.3 is 0 Å². The van der Waals surface area contributed by atoms with E-state index in [4.69, 9.17) is 9.47 Å². The first-order chi connectivity index (χ1) is 11.0. The van der Waals surface area contributed by atoms with E-state index in [1.165, 1.54) is 5.56 Å². The average molecular weight is 376 g/mol. The van der Waals surface area contributed by atoms with Crippen molar-refractivity contribution in [2.75, 3.05) is 19.5 Å². The standard InChI is InChI=1S/C18H18BrNO3/c1-10-4-5-11(6-14(10)19)12-8-18(21)20-15-9-17(23-3)16(22-2)7-13(12)15/h4-7,9,12H,8H2,1-3H3,(H,20,21)/t12-/m1/s1. The summed E-state index contributed by atoms with van der Waals surface area (Å²) in [5.41, 5.74) is 4.09. The van der Waals surface area contributed by atoms with Crippen LogP contribution >= 0.6 is 15.9 Å². The monoisotopic (exact) mass is 375 g/mol. The number of halogens is 1. The summed E-state index contributed by atoms with van der Waals surface area (Å²) in [5.74, 6) is 1.28. The molecular formula is C18H18BrNO3. The number of benzene rings is 2. The maximum absolute atomic E-state index is 12.1. The van der Waals surface area contributed by atoms with Crippen LogP contribution in [0.1, 0.15) is 29.0 Å². The fourth-order valence-electron chi connectivity index (χ4n) is 2.91. The first kappa shape index (κ1) is 15.9. The number of ether oxygens (including phenoxy) is 2. The van der Waals surface area contributed by atoms with Crippen molar-refractivity contribution in [2.24, 2.45) is 0 Å². The van der Waals surface area contributed by atoms with Crippen LogP contribution in [0.25, 0.3) is 0 Å². The second-order valence-electron chi connectivity index (χ2n) is 5.61. The first-order valence-corrected chi connectivity index (χ1v) is 8.14. The van der Waals surface area contributed by atoms with Gasteiger partial charge in [-0.25, -0.2) is 0 Å². The van der Waals surface area contributed by atoms with Crippen LogP contribution in [-0.4, -0.2) is 20.1 Å². The third-order valence-corrected chi connectivity index (χ3v) is 5.05. The molecule has 1 aliphatic heterocycles. The van der Waals surface area contributed by atoms with Crippen molar-refractivity contribution in [1.82, 2.24) is 0 Å². The number of anilines is 1. The quantitative estimate of drug-likeness (QED) is 0.871. The predicted molar refractivity (Wildman–Crippen MR) is 93.5 cm³/mol. The fourth-order valence-corrected chi connectivity index (χ4v) is 3.31. The smallest absolute Gasteiger partial charge is 0.225 e. The molecule has 0 aliphatic carbocycles. The topological polar surface area (TPSA) is 47.6 Å². The maximum Gasteiger partial charge on any atom is 0.225 e. The minimum Gasteiger partial charge on any atom is -0.493 e.